The highest BCUT2D eigenvalue weighted by molar-refractivity contribution is 5.07. The molecule has 0 amide bonds. The molecule has 0 aliphatic heterocycles. The third-order valence-electron chi connectivity index (χ3n) is 4.07. The quantitative estimate of drug-likeness (QED) is 0.425. The SMILES string of the molecule is CNC(C)(C)COC(C)(C)CN(N)/C=C(\N)C(C)(C)CC(C)C. The van der Waals surface area contributed by atoms with Crippen LogP contribution in [0.1, 0.15) is 61.8 Å². The van der Waals surface area contributed by atoms with Crippen LogP contribution < -0.4 is 16.9 Å². The summed E-state index contributed by atoms with van der Waals surface area (Å²) in [5.74, 6) is 6.73. The third kappa shape index (κ3) is 9.18. The lowest BCUT2D eigenvalue weighted by Gasteiger charge is -2.35. The van der Waals surface area contributed by atoms with Crippen LogP contribution in [0.15, 0.2) is 11.9 Å². The Morgan fingerprint density at radius 2 is 1.70 bits per heavy atom. The fraction of sp³-hybridized carbons (Fsp3) is 0.889. The second-order valence-corrected chi connectivity index (χ2v) is 8.92. The van der Waals surface area contributed by atoms with Crippen molar-refractivity contribution in [3.05, 3.63) is 11.9 Å². The molecule has 138 valence electrons. The molecule has 5 heteroatoms. The maximum atomic E-state index is 6.27. The Morgan fingerprint density at radius 3 is 2.13 bits per heavy atom. The van der Waals surface area contributed by atoms with Crippen molar-refractivity contribution in [2.45, 2.75) is 73.0 Å². The molecule has 5 nitrogen and oxygen atoms in total. The fourth-order valence-corrected chi connectivity index (χ4v) is 2.47. The van der Waals surface area contributed by atoms with Gasteiger partial charge in [0, 0.05) is 22.9 Å². The van der Waals surface area contributed by atoms with E-state index in [1.165, 1.54) is 0 Å². The molecule has 0 aliphatic carbocycles. The maximum Gasteiger partial charge on any atom is 0.0816 e. The van der Waals surface area contributed by atoms with Gasteiger partial charge in [-0.1, -0.05) is 27.7 Å². The molecule has 0 radical (unpaired) electrons. The molecular weight excluding hydrogens is 288 g/mol. The first-order chi connectivity index (χ1) is 10.2. The van der Waals surface area contributed by atoms with Crippen LogP contribution in [0.2, 0.25) is 0 Å². The van der Waals surface area contributed by atoms with Gasteiger partial charge < -0.3 is 20.8 Å². The minimum atomic E-state index is -0.359. The first-order valence-corrected chi connectivity index (χ1v) is 8.53. The van der Waals surface area contributed by atoms with Crippen LogP contribution in [0.5, 0.6) is 0 Å². The van der Waals surface area contributed by atoms with Crippen LogP contribution in [0.25, 0.3) is 0 Å². The van der Waals surface area contributed by atoms with Crippen LogP contribution >= 0.6 is 0 Å². The Kier molecular flexibility index (Phi) is 8.07. The number of nitrogens with zero attached hydrogens (tertiary/aromatic N) is 1. The number of hydrogen-bond acceptors (Lipinski definition) is 5. The molecule has 0 atom stereocenters. The Bertz CT molecular complexity index is 386. The number of ether oxygens (including phenoxy) is 1. The minimum Gasteiger partial charge on any atom is -0.400 e. The molecule has 0 fully saturated rings. The van der Waals surface area contributed by atoms with Crippen molar-refractivity contribution < 1.29 is 4.74 Å². The number of likely N-dealkylation sites (N-methyl/N-ethyl adjacent to an activating group) is 1. The molecular formula is C18H40N4O. The molecule has 0 aromatic carbocycles. The van der Waals surface area contributed by atoms with E-state index in [4.69, 9.17) is 16.3 Å². The van der Waals surface area contributed by atoms with Crippen molar-refractivity contribution in [3.63, 3.8) is 0 Å². The Morgan fingerprint density at radius 1 is 1.17 bits per heavy atom. The van der Waals surface area contributed by atoms with Gasteiger partial charge in [-0.3, -0.25) is 0 Å². The number of hydrogen-bond donors (Lipinski definition) is 3. The van der Waals surface area contributed by atoms with Crippen molar-refractivity contribution >= 4 is 0 Å². The Hall–Kier alpha value is -0.780. The van der Waals surface area contributed by atoms with E-state index in [-0.39, 0.29) is 16.6 Å². The second kappa shape index (κ2) is 8.36. The average molecular weight is 329 g/mol. The lowest BCUT2D eigenvalue weighted by atomic mass is 9.81. The van der Waals surface area contributed by atoms with E-state index in [9.17, 15) is 0 Å². The summed E-state index contributed by atoms with van der Waals surface area (Å²) in [7, 11) is 1.94. The highest BCUT2D eigenvalue weighted by Gasteiger charge is 2.27. The van der Waals surface area contributed by atoms with Crippen molar-refractivity contribution in [1.29, 1.82) is 0 Å². The summed E-state index contributed by atoms with van der Waals surface area (Å²) < 4.78 is 6.03. The van der Waals surface area contributed by atoms with Gasteiger partial charge in [-0.25, -0.2) is 5.84 Å². The van der Waals surface area contributed by atoms with Crippen LogP contribution in [0.4, 0.5) is 0 Å². The van der Waals surface area contributed by atoms with Crippen molar-refractivity contribution in [3.8, 4) is 0 Å². The summed E-state index contributed by atoms with van der Waals surface area (Å²) in [6.45, 7) is 18.2. The predicted molar refractivity (Wildman–Crippen MR) is 99.6 cm³/mol. The van der Waals surface area contributed by atoms with Crippen molar-refractivity contribution in [2.24, 2.45) is 22.9 Å². The van der Waals surface area contributed by atoms with Gasteiger partial charge >= 0.3 is 0 Å². The highest BCUT2D eigenvalue weighted by Crippen LogP contribution is 2.30. The normalized spacial score (nSPS) is 14.5. The van der Waals surface area contributed by atoms with Gasteiger partial charge in [-0.2, -0.15) is 0 Å². The van der Waals surface area contributed by atoms with E-state index < -0.39 is 0 Å². The maximum absolute atomic E-state index is 6.27. The average Bonchev–Trinajstić information content (AvgIpc) is 2.34. The zero-order valence-corrected chi connectivity index (χ0v) is 16.8. The van der Waals surface area contributed by atoms with Crippen LogP contribution in [-0.2, 0) is 4.74 Å². The van der Waals surface area contributed by atoms with Gasteiger partial charge in [0.15, 0.2) is 0 Å². The molecule has 0 heterocycles. The van der Waals surface area contributed by atoms with E-state index >= 15 is 0 Å². The minimum absolute atomic E-state index is 0.0646. The first kappa shape index (κ1) is 22.2. The van der Waals surface area contributed by atoms with Gasteiger partial charge in [0.2, 0.25) is 0 Å². The second-order valence-electron chi connectivity index (χ2n) is 8.92. The van der Waals surface area contributed by atoms with E-state index in [0.29, 0.717) is 19.1 Å². The summed E-state index contributed by atoms with van der Waals surface area (Å²) in [5.41, 5.74) is 6.59. The fourth-order valence-electron chi connectivity index (χ4n) is 2.47. The topological polar surface area (TPSA) is 76.5 Å². The van der Waals surface area contributed by atoms with E-state index in [1.54, 1.807) is 5.01 Å². The Labute approximate surface area is 143 Å². The van der Waals surface area contributed by atoms with Gasteiger partial charge in [0.25, 0.3) is 0 Å². The number of hydrazine groups is 1. The molecule has 0 saturated carbocycles. The molecule has 0 saturated heterocycles. The van der Waals surface area contributed by atoms with Gasteiger partial charge in [0.05, 0.1) is 18.8 Å². The summed E-state index contributed by atoms with van der Waals surface area (Å²) in [6.07, 6.45) is 2.87. The van der Waals surface area contributed by atoms with Gasteiger partial charge in [0.1, 0.15) is 0 Å². The van der Waals surface area contributed by atoms with Crippen LogP contribution in [0.3, 0.4) is 0 Å². The van der Waals surface area contributed by atoms with Gasteiger partial charge in [-0.15, -0.1) is 0 Å². The largest absolute Gasteiger partial charge is 0.400 e. The molecule has 0 rings (SSSR count). The lowest BCUT2D eigenvalue weighted by molar-refractivity contribution is -0.0542. The summed E-state index contributed by atoms with van der Waals surface area (Å²) in [5, 5.41) is 4.88. The molecule has 0 aromatic rings. The zero-order valence-electron chi connectivity index (χ0n) is 16.8. The van der Waals surface area contributed by atoms with E-state index in [0.717, 1.165) is 12.1 Å². The molecule has 5 N–H and O–H groups in total. The van der Waals surface area contributed by atoms with E-state index in [2.05, 4.69) is 46.9 Å². The number of nitrogens with two attached hydrogens (primary N) is 2. The third-order valence-corrected chi connectivity index (χ3v) is 4.07. The first-order valence-electron chi connectivity index (χ1n) is 8.53. The summed E-state index contributed by atoms with van der Waals surface area (Å²) in [6, 6.07) is 0. The molecule has 0 aromatic heterocycles. The van der Waals surface area contributed by atoms with Gasteiger partial charge in [-0.05, 0) is 47.1 Å². The molecule has 23 heavy (non-hydrogen) atoms. The zero-order chi connectivity index (χ0) is 18.5. The number of rotatable bonds is 10. The standard InChI is InChI=1S/C18H40N4O/c1-14(2)10-16(3,4)15(19)11-22(20)12-18(7,8)23-13-17(5,6)21-9/h11,14,21H,10,12-13,19-20H2,1-9H3/b15-11-. The smallest absolute Gasteiger partial charge is 0.0816 e. The van der Waals surface area contributed by atoms with E-state index in [1.807, 2.05) is 27.1 Å². The summed E-state index contributed by atoms with van der Waals surface area (Å²) >= 11 is 0. The Balaban J connectivity index is 4.73. The van der Waals surface area contributed by atoms with Crippen molar-refractivity contribution in [2.75, 3.05) is 20.2 Å². The van der Waals surface area contributed by atoms with Crippen LogP contribution in [0, 0.1) is 11.3 Å². The molecule has 0 unspecified atom stereocenters. The molecule has 0 spiro atoms. The lowest BCUT2D eigenvalue weighted by Crippen LogP contribution is -2.48. The van der Waals surface area contributed by atoms with Crippen LogP contribution in [-0.4, -0.2) is 36.3 Å². The number of nitrogens with one attached hydrogen (secondary N) is 1. The monoisotopic (exact) mass is 328 g/mol. The summed E-state index contributed by atoms with van der Waals surface area (Å²) in [4.78, 5) is 0. The highest BCUT2D eigenvalue weighted by atomic mass is 16.5. The van der Waals surface area contributed by atoms with Crippen molar-refractivity contribution in [1.82, 2.24) is 10.3 Å². The molecule has 0 bridgehead atoms. The predicted octanol–water partition coefficient (Wildman–Crippen LogP) is 2.83. The number of allylic oxidation sites excluding steroid dienone is 1. The molecule has 0 aliphatic rings.